The molecule has 0 aliphatic carbocycles. The van der Waals surface area contributed by atoms with Crippen molar-refractivity contribution < 1.29 is 0 Å². The first-order chi connectivity index (χ1) is 7.41. The fourth-order valence-corrected chi connectivity index (χ4v) is 1.55. The Morgan fingerprint density at radius 2 is 1.33 bits per heavy atom. The van der Waals surface area contributed by atoms with Crippen molar-refractivity contribution in [1.29, 1.82) is 0 Å². The molecular formula is C15H27. The Kier molecular flexibility index (Phi) is 13.0. The van der Waals surface area contributed by atoms with Gasteiger partial charge >= 0.3 is 0 Å². The lowest BCUT2D eigenvalue weighted by atomic mass is 10.1. The van der Waals surface area contributed by atoms with E-state index in [1.807, 2.05) is 0 Å². The molecule has 0 amide bonds. The molecule has 0 aromatic carbocycles. The standard InChI is InChI=1S/C15H27/c1-3-5-7-9-11-13-15-14-12-10-8-6-4-2/h4,6,14-15H,1,3,5,7-13H2,2H3. The number of unbranched alkanes of at least 4 members (excludes halogenated alkanes) is 7. The summed E-state index contributed by atoms with van der Waals surface area (Å²) in [7, 11) is 0. The van der Waals surface area contributed by atoms with Crippen LogP contribution in [0.3, 0.4) is 0 Å². The highest BCUT2D eigenvalue weighted by Gasteiger charge is 1.86. The first-order valence-corrected chi connectivity index (χ1v) is 6.47. The SMILES string of the molecule is [CH2]CCCCCCC=CCCCC=CC. The van der Waals surface area contributed by atoms with E-state index >= 15 is 0 Å². The summed E-state index contributed by atoms with van der Waals surface area (Å²) in [5.74, 6) is 0. The van der Waals surface area contributed by atoms with Gasteiger partial charge in [-0.15, -0.1) is 0 Å². The maximum atomic E-state index is 3.85. The van der Waals surface area contributed by atoms with Crippen molar-refractivity contribution in [3.05, 3.63) is 31.2 Å². The molecule has 0 heteroatoms. The summed E-state index contributed by atoms with van der Waals surface area (Å²) in [5, 5.41) is 0. The molecule has 15 heavy (non-hydrogen) atoms. The fraction of sp³-hybridized carbons (Fsp3) is 0.667. The third-order valence-corrected chi connectivity index (χ3v) is 2.51. The van der Waals surface area contributed by atoms with Crippen LogP contribution in [0.2, 0.25) is 0 Å². The number of rotatable bonds is 10. The molecule has 0 saturated carbocycles. The van der Waals surface area contributed by atoms with Crippen molar-refractivity contribution in [3.8, 4) is 0 Å². The Hall–Kier alpha value is -0.520. The fourth-order valence-electron chi connectivity index (χ4n) is 1.55. The number of hydrogen-bond acceptors (Lipinski definition) is 0. The summed E-state index contributed by atoms with van der Waals surface area (Å²) in [5.41, 5.74) is 0. The molecule has 0 aliphatic heterocycles. The lowest BCUT2D eigenvalue weighted by molar-refractivity contribution is 0.651. The Morgan fingerprint density at radius 1 is 0.733 bits per heavy atom. The summed E-state index contributed by atoms with van der Waals surface area (Å²) >= 11 is 0. The van der Waals surface area contributed by atoms with Crippen molar-refractivity contribution in [2.75, 3.05) is 0 Å². The molecule has 0 spiro atoms. The molecule has 0 N–H and O–H groups in total. The van der Waals surface area contributed by atoms with Crippen LogP contribution in [0.1, 0.15) is 64.7 Å². The molecular weight excluding hydrogens is 180 g/mol. The van der Waals surface area contributed by atoms with Gasteiger partial charge in [-0.25, -0.2) is 0 Å². The van der Waals surface area contributed by atoms with Gasteiger partial charge in [0.2, 0.25) is 0 Å². The largest absolute Gasteiger partial charge is 0.0917 e. The van der Waals surface area contributed by atoms with Crippen molar-refractivity contribution in [3.63, 3.8) is 0 Å². The van der Waals surface area contributed by atoms with Gasteiger partial charge < -0.3 is 0 Å². The second-order valence-corrected chi connectivity index (χ2v) is 4.03. The Labute approximate surface area is 96.5 Å². The molecule has 0 aromatic heterocycles. The molecule has 0 heterocycles. The highest BCUT2D eigenvalue weighted by atomic mass is 13.9. The van der Waals surface area contributed by atoms with E-state index in [-0.39, 0.29) is 0 Å². The predicted octanol–water partition coefficient (Wildman–Crippen LogP) is 5.46. The third kappa shape index (κ3) is 13.5. The maximum Gasteiger partial charge on any atom is -0.0348 e. The van der Waals surface area contributed by atoms with E-state index in [4.69, 9.17) is 0 Å². The van der Waals surface area contributed by atoms with Gasteiger partial charge in [0.25, 0.3) is 0 Å². The van der Waals surface area contributed by atoms with Crippen LogP contribution >= 0.6 is 0 Å². The van der Waals surface area contributed by atoms with Gasteiger partial charge in [-0.1, -0.05) is 56.9 Å². The molecule has 0 aliphatic rings. The van der Waals surface area contributed by atoms with Crippen LogP contribution in [-0.2, 0) is 0 Å². The van der Waals surface area contributed by atoms with Crippen molar-refractivity contribution >= 4 is 0 Å². The molecule has 0 atom stereocenters. The minimum Gasteiger partial charge on any atom is -0.0917 e. The quantitative estimate of drug-likeness (QED) is 0.329. The maximum absolute atomic E-state index is 3.85. The first kappa shape index (κ1) is 14.5. The molecule has 0 unspecified atom stereocenters. The summed E-state index contributed by atoms with van der Waals surface area (Å²) in [6.07, 6.45) is 20.6. The Bertz CT molecular complexity index is 153. The average molecular weight is 207 g/mol. The monoisotopic (exact) mass is 207 g/mol. The molecule has 0 bridgehead atoms. The van der Waals surface area contributed by atoms with E-state index in [0.717, 1.165) is 6.42 Å². The average Bonchev–Trinajstić information content (AvgIpc) is 2.26. The number of allylic oxidation sites excluding steroid dienone is 4. The third-order valence-electron chi connectivity index (χ3n) is 2.51. The topological polar surface area (TPSA) is 0 Å². The second-order valence-electron chi connectivity index (χ2n) is 4.03. The van der Waals surface area contributed by atoms with Crippen LogP contribution < -0.4 is 0 Å². The van der Waals surface area contributed by atoms with E-state index in [1.54, 1.807) is 0 Å². The predicted molar refractivity (Wildman–Crippen MR) is 70.9 cm³/mol. The zero-order valence-corrected chi connectivity index (χ0v) is 10.4. The van der Waals surface area contributed by atoms with Crippen molar-refractivity contribution in [1.82, 2.24) is 0 Å². The van der Waals surface area contributed by atoms with Crippen LogP contribution in [0.4, 0.5) is 0 Å². The highest BCUT2D eigenvalue weighted by molar-refractivity contribution is 4.83. The second kappa shape index (κ2) is 13.5. The van der Waals surface area contributed by atoms with Gasteiger partial charge in [0.15, 0.2) is 0 Å². The molecule has 0 aromatic rings. The molecule has 0 saturated heterocycles. The van der Waals surface area contributed by atoms with E-state index < -0.39 is 0 Å². The first-order valence-electron chi connectivity index (χ1n) is 6.47. The van der Waals surface area contributed by atoms with Gasteiger partial charge in [0.1, 0.15) is 0 Å². The Balaban J connectivity index is 3.03. The van der Waals surface area contributed by atoms with Gasteiger partial charge in [-0.05, 0) is 39.0 Å². The molecule has 0 fully saturated rings. The molecule has 87 valence electrons. The normalized spacial score (nSPS) is 11.9. The summed E-state index contributed by atoms with van der Waals surface area (Å²) in [6, 6.07) is 0. The van der Waals surface area contributed by atoms with E-state index in [2.05, 4.69) is 38.2 Å². The van der Waals surface area contributed by atoms with Gasteiger partial charge in [-0.3, -0.25) is 0 Å². The molecule has 1 radical (unpaired) electrons. The lowest BCUT2D eigenvalue weighted by Gasteiger charge is -1.96. The van der Waals surface area contributed by atoms with E-state index in [0.29, 0.717) is 0 Å². The van der Waals surface area contributed by atoms with Crippen LogP contribution in [0, 0.1) is 6.92 Å². The minimum absolute atomic E-state index is 1.10. The van der Waals surface area contributed by atoms with Crippen LogP contribution in [0.25, 0.3) is 0 Å². The van der Waals surface area contributed by atoms with E-state index in [1.165, 1.54) is 51.4 Å². The van der Waals surface area contributed by atoms with E-state index in [9.17, 15) is 0 Å². The van der Waals surface area contributed by atoms with Crippen LogP contribution in [0.5, 0.6) is 0 Å². The summed E-state index contributed by atoms with van der Waals surface area (Å²) < 4.78 is 0. The molecule has 0 rings (SSSR count). The smallest absolute Gasteiger partial charge is 0.0348 e. The molecule has 0 nitrogen and oxygen atoms in total. The van der Waals surface area contributed by atoms with Gasteiger partial charge in [0.05, 0.1) is 0 Å². The van der Waals surface area contributed by atoms with Crippen molar-refractivity contribution in [2.45, 2.75) is 64.7 Å². The van der Waals surface area contributed by atoms with Crippen LogP contribution in [0.15, 0.2) is 24.3 Å². The summed E-state index contributed by atoms with van der Waals surface area (Å²) in [6.45, 7) is 5.93. The lowest BCUT2D eigenvalue weighted by Crippen LogP contribution is -1.76. The van der Waals surface area contributed by atoms with Gasteiger partial charge in [-0.2, -0.15) is 0 Å². The Morgan fingerprint density at radius 3 is 2.00 bits per heavy atom. The zero-order chi connectivity index (χ0) is 11.2. The number of hydrogen-bond donors (Lipinski definition) is 0. The van der Waals surface area contributed by atoms with Crippen LogP contribution in [-0.4, -0.2) is 0 Å². The highest BCUT2D eigenvalue weighted by Crippen LogP contribution is 2.06. The minimum atomic E-state index is 1.10. The summed E-state index contributed by atoms with van der Waals surface area (Å²) in [4.78, 5) is 0. The van der Waals surface area contributed by atoms with Gasteiger partial charge in [0, 0.05) is 0 Å². The van der Waals surface area contributed by atoms with Crippen molar-refractivity contribution in [2.24, 2.45) is 0 Å². The zero-order valence-electron chi connectivity index (χ0n) is 10.4.